The van der Waals surface area contributed by atoms with Crippen LogP contribution in [0.25, 0.3) is 0 Å². The average Bonchev–Trinajstić information content (AvgIpc) is 3.26. The Balaban J connectivity index is 1.97. The number of sulfonamides is 1. The number of rotatable bonds is 7. The van der Waals surface area contributed by atoms with Crippen molar-refractivity contribution in [2.24, 2.45) is 0 Å². The second-order valence-corrected chi connectivity index (χ2v) is 8.16. The van der Waals surface area contributed by atoms with Gasteiger partial charge in [-0.1, -0.05) is 26.0 Å². The van der Waals surface area contributed by atoms with Crippen molar-refractivity contribution in [3.63, 3.8) is 0 Å². The molecule has 0 unspecified atom stereocenters. The van der Waals surface area contributed by atoms with E-state index < -0.39 is 10.0 Å². The van der Waals surface area contributed by atoms with Crippen LogP contribution in [-0.4, -0.2) is 39.8 Å². The number of amides is 2. The Kier molecular flexibility index (Phi) is 5.51. The van der Waals surface area contributed by atoms with Crippen LogP contribution in [0.2, 0.25) is 0 Å². The molecular weight excluding hydrogens is 314 g/mol. The number of carbonyl (C=O) groups excluding carboxylic acids is 1. The Hall–Kier alpha value is -1.76. The number of anilines is 1. The second kappa shape index (κ2) is 7.21. The molecule has 7 heteroatoms. The molecule has 6 nitrogen and oxygen atoms in total. The Morgan fingerprint density at radius 1 is 1.26 bits per heavy atom. The molecule has 1 aliphatic carbocycles. The van der Waals surface area contributed by atoms with Crippen LogP contribution in [0.4, 0.5) is 10.5 Å². The lowest BCUT2D eigenvalue weighted by atomic mass is 10.0. The van der Waals surface area contributed by atoms with Gasteiger partial charge in [0.05, 0.1) is 18.5 Å². The number of hydrogen-bond donors (Lipinski definition) is 2. The molecule has 2 rings (SSSR count). The van der Waals surface area contributed by atoms with Crippen LogP contribution in [0.5, 0.6) is 0 Å². The molecular formula is C16H25N3O3S. The number of urea groups is 1. The first-order chi connectivity index (χ1) is 10.8. The third-order valence-electron chi connectivity index (χ3n) is 3.76. The lowest BCUT2D eigenvalue weighted by Gasteiger charge is -2.23. The van der Waals surface area contributed by atoms with Gasteiger partial charge in [0.25, 0.3) is 0 Å². The highest BCUT2D eigenvalue weighted by atomic mass is 32.2. The van der Waals surface area contributed by atoms with E-state index in [0.717, 1.165) is 18.4 Å². The van der Waals surface area contributed by atoms with E-state index in [9.17, 15) is 13.2 Å². The minimum atomic E-state index is -3.40. The number of hydrogen-bond acceptors (Lipinski definition) is 3. The van der Waals surface area contributed by atoms with Crippen molar-refractivity contribution in [3.05, 3.63) is 29.8 Å². The van der Waals surface area contributed by atoms with E-state index in [1.165, 1.54) is 10.6 Å². The van der Waals surface area contributed by atoms with Gasteiger partial charge >= 0.3 is 6.03 Å². The molecule has 1 aliphatic rings. The molecule has 0 saturated heterocycles. The number of nitrogens with one attached hydrogen (secondary N) is 2. The molecule has 0 bridgehead atoms. The summed E-state index contributed by atoms with van der Waals surface area (Å²) < 4.78 is 25.3. The Morgan fingerprint density at radius 3 is 2.35 bits per heavy atom. The summed E-state index contributed by atoms with van der Waals surface area (Å²) in [5, 5.41) is 5.51. The summed E-state index contributed by atoms with van der Waals surface area (Å²) in [6.07, 6.45) is 3.21. The maximum absolute atomic E-state index is 12.0. The van der Waals surface area contributed by atoms with Gasteiger partial charge < -0.3 is 10.6 Å². The molecule has 0 radical (unpaired) electrons. The summed E-state index contributed by atoms with van der Waals surface area (Å²) in [5.41, 5.74) is 1.77. The van der Waals surface area contributed by atoms with Gasteiger partial charge in [-0.2, -0.15) is 0 Å². The fraction of sp³-hybridized carbons (Fsp3) is 0.562. The molecule has 128 valence electrons. The van der Waals surface area contributed by atoms with Crippen LogP contribution in [0.3, 0.4) is 0 Å². The minimum Gasteiger partial charge on any atom is -0.336 e. The van der Waals surface area contributed by atoms with E-state index in [4.69, 9.17) is 0 Å². The molecule has 0 atom stereocenters. The number of benzene rings is 1. The molecule has 1 saturated carbocycles. The van der Waals surface area contributed by atoms with E-state index in [0.29, 0.717) is 11.6 Å². The molecule has 1 aromatic rings. The molecule has 1 fully saturated rings. The first-order valence-electron chi connectivity index (χ1n) is 7.89. The van der Waals surface area contributed by atoms with Gasteiger partial charge in [0.2, 0.25) is 10.0 Å². The van der Waals surface area contributed by atoms with Crippen molar-refractivity contribution >= 4 is 21.7 Å². The van der Waals surface area contributed by atoms with Gasteiger partial charge in [-0.15, -0.1) is 0 Å². The highest BCUT2D eigenvalue weighted by molar-refractivity contribution is 7.92. The first-order valence-corrected chi connectivity index (χ1v) is 9.74. The third-order valence-corrected chi connectivity index (χ3v) is 4.96. The lowest BCUT2D eigenvalue weighted by Crippen LogP contribution is -2.42. The van der Waals surface area contributed by atoms with Crippen molar-refractivity contribution in [2.75, 3.05) is 23.7 Å². The quantitative estimate of drug-likeness (QED) is 0.798. The van der Waals surface area contributed by atoms with Crippen LogP contribution in [-0.2, 0) is 10.0 Å². The molecule has 0 aliphatic heterocycles. The summed E-state index contributed by atoms with van der Waals surface area (Å²) in [7, 11) is -3.40. The monoisotopic (exact) mass is 339 g/mol. The van der Waals surface area contributed by atoms with Gasteiger partial charge in [-0.05, 0) is 36.5 Å². The van der Waals surface area contributed by atoms with Gasteiger partial charge in [-0.25, -0.2) is 13.2 Å². The largest absolute Gasteiger partial charge is 0.336 e. The predicted molar refractivity (Wildman–Crippen MR) is 92.3 cm³/mol. The van der Waals surface area contributed by atoms with Crippen LogP contribution in [0, 0.1) is 0 Å². The number of nitrogens with zero attached hydrogens (tertiary/aromatic N) is 1. The van der Waals surface area contributed by atoms with E-state index in [1.807, 2.05) is 12.1 Å². The maximum atomic E-state index is 12.0. The van der Waals surface area contributed by atoms with Gasteiger partial charge in [0.15, 0.2) is 0 Å². The zero-order valence-corrected chi connectivity index (χ0v) is 14.7. The van der Waals surface area contributed by atoms with Crippen molar-refractivity contribution in [3.8, 4) is 0 Å². The minimum absolute atomic E-state index is 0.206. The highest BCUT2D eigenvalue weighted by Crippen LogP contribution is 2.21. The topological polar surface area (TPSA) is 78.5 Å². The summed E-state index contributed by atoms with van der Waals surface area (Å²) >= 11 is 0. The standard InChI is InChI=1S/C16H25N3O3S/c1-12(2)13-4-8-15(9-5-13)19(23(3,21)22)11-10-17-16(20)18-14-6-7-14/h4-5,8-9,12,14H,6-7,10-11H2,1-3H3,(H2,17,18,20). The molecule has 2 amide bonds. The first kappa shape index (κ1) is 17.6. The Labute approximate surface area is 138 Å². The van der Waals surface area contributed by atoms with Gasteiger partial charge in [-0.3, -0.25) is 4.31 Å². The number of carbonyl (C=O) groups is 1. The van der Waals surface area contributed by atoms with Crippen LogP contribution < -0.4 is 14.9 Å². The molecule has 0 aromatic heterocycles. The zero-order chi connectivity index (χ0) is 17.0. The fourth-order valence-electron chi connectivity index (χ4n) is 2.25. The van der Waals surface area contributed by atoms with Crippen LogP contribution in [0.15, 0.2) is 24.3 Å². The van der Waals surface area contributed by atoms with E-state index in [1.54, 1.807) is 12.1 Å². The van der Waals surface area contributed by atoms with E-state index in [-0.39, 0.29) is 25.2 Å². The van der Waals surface area contributed by atoms with Crippen LogP contribution >= 0.6 is 0 Å². The van der Waals surface area contributed by atoms with Crippen LogP contribution in [0.1, 0.15) is 38.2 Å². The lowest BCUT2D eigenvalue weighted by molar-refractivity contribution is 0.241. The van der Waals surface area contributed by atoms with Crippen molar-refractivity contribution < 1.29 is 13.2 Å². The highest BCUT2D eigenvalue weighted by Gasteiger charge is 2.23. The van der Waals surface area contributed by atoms with E-state index in [2.05, 4.69) is 24.5 Å². The zero-order valence-electron chi connectivity index (χ0n) is 13.9. The SMILES string of the molecule is CC(C)c1ccc(N(CCNC(=O)NC2CC2)S(C)(=O)=O)cc1. The Bertz CT molecular complexity index is 637. The Morgan fingerprint density at radius 2 is 1.87 bits per heavy atom. The maximum Gasteiger partial charge on any atom is 0.315 e. The van der Waals surface area contributed by atoms with Crippen molar-refractivity contribution in [2.45, 2.75) is 38.6 Å². The van der Waals surface area contributed by atoms with Crippen molar-refractivity contribution in [1.82, 2.24) is 10.6 Å². The third kappa shape index (κ3) is 5.42. The normalized spacial score (nSPS) is 14.6. The van der Waals surface area contributed by atoms with Gasteiger partial charge in [0, 0.05) is 12.6 Å². The molecule has 0 heterocycles. The summed E-state index contributed by atoms with van der Waals surface area (Å²) in [4.78, 5) is 11.6. The molecule has 23 heavy (non-hydrogen) atoms. The summed E-state index contributed by atoms with van der Waals surface area (Å²) in [6.45, 7) is 4.65. The summed E-state index contributed by atoms with van der Waals surface area (Å²) in [6, 6.07) is 7.53. The fourth-order valence-corrected chi connectivity index (χ4v) is 3.17. The molecule has 1 aromatic carbocycles. The summed E-state index contributed by atoms with van der Waals surface area (Å²) in [5.74, 6) is 0.392. The second-order valence-electron chi connectivity index (χ2n) is 6.26. The predicted octanol–water partition coefficient (Wildman–Crippen LogP) is 2.04. The van der Waals surface area contributed by atoms with Gasteiger partial charge in [0.1, 0.15) is 0 Å². The van der Waals surface area contributed by atoms with Crippen molar-refractivity contribution in [1.29, 1.82) is 0 Å². The smallest absolute Gasteiger partial charge is 0.315 e. The average molecular weight is 339 g/mol. The van der Waals surface area contributed by atoms with E-state index >= 15 is 0 Å². The molecule has 0 spiro atoms. The molecule has 2 N–H and O–H groups in total.